The van der Waals surface area contributed by atoms with E-state index in [1.807, 2.05) is 6.92 Å². The molecule has 2 rings (SSSR count). The van der Waals surface area contributed by atoms with E-state index in [1.165, 1.54) is 23.9 Å². The molecule has 1 aromatic carbocycles. The maximum Gasteiger partial charge on any atom is 0.316 e. The van der Waals surface area contributed by atoms with Crippen molar-refractivity contribution in [3.05, 3.63) is 34.4 Å². The van der Waals surface area contributed by atoms with E-state index in [4.69, 9.17) is 4.74 Å². The summed E-state index contributed by atoms with van der Waals surface area (Å²) in [4.78, 5) is 34.0. The molecule has 1 amide bonds. The number of amides is 1. The molecule has 0 unspecified atom stereocenters. The summed E-state index contributed by atoms with van der Waals surface area (Å²) in [6.07, 6.45) is 2.26. The highest BCUT2D eigenvalue weighted by atomic mass is 32.2. The molecule has 1 atom stereocenters. The lowest BCUT2D eigenvalue weighted by Crippen LogP contribution is -2.37. The summed E-state index contributed by atoms with van der Waals surface area (Å²) >= 11 is 1.20. The summed E-state index contributed by atoms with van der Waals surface area (Å²) < 4.78 is 4.91. The Bertz CT molecular complexity index is 586. The molecule has 23 heavy (non-hydrogen) atoms. The number of carbonyl (C=O) groups is 2. The average Bonchev–Trinajstić information content (AvgIpc) is 3.36. The number of non-ortho nitro benzene ring substituents is 1. The number of hydrogen-bond acceptors (Lipinski definition) is 6. The van der Waals surface area contributed by atoms with Gasteiger partial charge in [0.2, 0.25) is 0 Å². The van der Waals surface area contributed by atoms with Crippen LogP contribution in [0.4, 0.5) is 5.69 Å². The number of hydrogen-bond donors (Lipinski definition) is 1. The first kappa shape index (κ1) is 17.3. The molecule has 1 aliphatic carbocycles. The second-order valence-corrected chi connectivity index (χ2v) is 6.44. The summed E-state index contributed by atoms with van der Waals surface area (Å²) in [5, 5.41) is 13.3. The summed E-state index contributed by atoms with van der Waals surface area (Å²) in [5.74, 6) is -0.198. The van der Waals surface area contributed by atoms with Crippen LogP contribution in [0.1, 0.15) is 19.8 Å². The minimum absolute atomic E-state index is 0.00150. The van der Waals surface area contributed by atoms with Crippen LogP contribution in [0.25, 0.3) is 0 Å². The van der Waals surface area contributed by atoms with Gasteiger partial charge in [0.05, 0.1) is 10.7 Å². The predicted octanol–water partition coefficient (Wildman–Crippen LogP) is 2.14. The van der Waals surface area contributed by atoms with E-state index in [2.05, 4.69) is 5.32 Å². The molecule has 1 saturated carbocycles. The Morgan fingerprint density at radius 2 is 2.04 bits per heavy atom. The normalized spacial score (nSPS) is 14.8. The largest absolute Gasteiger partial charge is 0.455 e. The SMILES string of the molecule is C[C@H](NC(=O)COC(=O)CSc1ccc([N+](=O)[O-])cc1)C1CC1. The fourth-order valence-corrected chi connectivity index (χ4v) is 2.70. The zero-order chi connectivity index (χ0) is 16.8. The second-order valence-electron chi connectivity index (χ2n) is 5.39. The van der Waals surface area contributed by atoms with Crippen molar-refractivity contribution < 1.29 is 19.2 Å². The highest BCUT2D eigenvalue weighted by molar-refractivity contribution is 8.00. The molecule has 0 aliphatic heterocycles. The van der Waals surface area contributed by atoms with Gasteiger partial charge < -0.3 is 10.1 Å². The minimum Gasteiger partial charge on any atom is -0.455 e. The van der Waals surface area contributed by atoms with Gasteiger partial charge in [-0.1, -0.05) is 0 Å². The molecule has 8 heteroatoms. The molecule has 1 aliphatic rings. The number of thioether (sulfide) groups is 1. The van der Waals surface area contributed by atoms with Crippen molar-refractivity contribution in [1.82, 2.24) is 5.32 Å². The molecule has 1 N–H and O–H groups in total. The quantitative estimate of drug-likeness (QED) is 0.337. The van der Waals surface area contributed by atoms with Gasteiger partial charge in [0.25, 0.3) is 11.6 Å². The van der Waals surface area contributed by atoms with Gasteiger partial charge in [-0.3, -0.25) is 19.7 Å². The average molecular weight is 338 g/mol. The number of nitro benzene ring substituents is 1. The second kappa shape index (κ2) is 7.96. The lowest BCUT2D eigenvalue weighted by atomic mass is 10.2. The Morgan fingerprint density at radius 1 is 1.39 bits per heavy atom. The molecule has 1 aromatic rings. The van der Waals surface area contributed by atoms with E-state index < -0.39 is 10.9 Å². The summed E-state index contributed by atoms with van der Waals surface area (Å²) in [6, 6.07) is 6.01. The molecule has 0 bridgehead atoms. The summed E-state index contributed by atoms with van der Waals surface area (Å²) in [7, 11) is 0. The molecule has 0 heterocycles. The number of rotatable bonds is 8. The third-order valence-corrected chi connectivity index (χ3v) is 4.47. The predicted molar refractivity (Wildman–Crippen MR) is 85.1 cm³/mol. The van der Waals surface area contributed by atoms with Crippen LogP contribution in [0.5, 0.6) is 0 Å². The first-order valence-electron chi connectivity index (χ1n) is 7.28. The number of nitrogens with one attached hydrogen (secondary N) is 1. The fourth-order valence-electron chi connectivity index (χ4n) is 2.00. The van der Waals surface area contributed by atoms with Crippen LogP contribution in [0.2, 0.25) is 0 Å². The van der Waals surface area contributed by atoms with E-state index >= 15 is 0 Å². The molecule has 0 spiro atoms. The molecule has 1 fully saturated rings. The number of carbonyl (C=O) groups excluding carboxylic acids is 2. The molecule has 0 radical (unpaired) electrons. The molecular weight excluding hydrogens is 320 g/mol. The van der Waals surface area contributed by atoms with E-state index in [9.17, 15) is 19.7 Å². The van der Waals surface area contributed by atoms with Gasteiger partial charge in [-0.15, -0.1) is 11.8 Å². The highest BCUT2D eigenvalue weighted by Gasteiger charge is 2.28. The van der Waals surface area contributed by atoms with Crippen LogP contribution < -0.4 is 5.32 Å². The van der Waals surface area contributed by atoms with Gasteiger partial charge >= 0.3 is 5.97 Å². The fraction of sp³-hybridized carbons (Fsp3) is 0.467. The maximum absolute atomic E-state index is 11.6. The van der Waals surface area contributed by atoms with Crippen molar-refractivity contribution in [2.75, 3.05) is 12.4 Å². The number of esters is 1. The van der Waals surface area contributed by atoms with E-state index in [-0.39, 0.29) is 30.0 Å². The number of nitro groups is 1. The van der Waals surface area contributed by atoms with Gasteiger partial charge in [0, 0.05) is 23.1 Å². The lowest BCUT2D eigenvalue weighted by molar-refractivity contribution is -0.384. The minimum atomic E-state index is -0.498. The Kier molecular flexibility index (Phi) is 5.97. The van der Waals surface area contributed by atoms with Crippen molar-refractivity contribution in [2.24, 2.45) is 5.92 Å². The van der Waals surface area contributed by atoms with Gasteiger partial charge in [-0.05, 0) is 37.8 Å². The molecule has 7 nitrogen and oxygen atoms in total. The Labute approximate surface area is 137 Å². The van der Waals surface area contributed by atoms with Crippen LogP contribution in [-0.4, -0.2) is 35.2 Å². The highest BCUT2D eigenvalue weighted by Crippen LogP contribution is 2.32. The molecule has 0 saturated heterocycles. The zero-order valence-electron chi connectivity index (χ0n) is 12.7. The van der Waals surface area contributed by atoms with Gasteiger partial charge in [-0.2, -0.15) is 0 Å². The molecule has 124 valence electrons. The Morgan fingerprint density at radius 3 is 2.61 bits per heavy atom. The van der Waals surface area contributed by atoms with Crippen molar-refractivity contribution >= 4 is 29.3 Å². The standard InChI is InChI=1S/C15H18N2O5S/c1-10(11-2-3-11)16-14(18)8-22-15(19)9-23-13-6-4-12(5-7-13)17(20)21/h4-7,10-11H,2-3,8-9H2,1H3,(H,16,18)/t10-/m0/s1. The topological polar surface area (TPSA) is 98.5 Å². The number of benzene rings is 1. The lowest BCUT2D eigenvalue weighted by Gasteiger charge is -2.12. The van der Waals surface area contributed by atoms with Crippen molar-refractivity contribution in [1.29, 1.82) is 0 Å². The van der Waals surface area contributed by atoms with Crippen LogP contribution in [0.3, 0.4) is 0 Å². The third-order valence-electron chi connectivity index (χ3n) is 3.49. The van der Waals surface area contributed by atoms with Crippen LogP contribution in [-0.2, 0) is 14.3 Å². The van der Waals surface area contributed by atoms with Crippen LogP contribution >= 0.6 is 11.8 Å². The van der Waals surface area contributed by atoms with E-state index in [0.717, 1.165) is 17.7 Å². The van der Waals surface area contributed by atoms with Gasteiger partial charge in [0.15, 0.2) is 6.61 Å². The summed E-state index contributed by atoms with van der Waals surface area (Å²) in [6.45, 7) is 1.67. The number of ether oxygens (including phenoxy) is 1. The van der Waals surface area contributed by atoms with Crippen molar-refractivity contribution in [3.63, 3.8) is 0 Å². The summed E-state index contributed by atoms with van der Waals surface area (Å²) in [5.41, 5.74) is -0.00150. The Balaban J connectivity index is 1.66. The first-order chi connectivity index (χ1) is 11.0. The third kappa shape index (κ3) is 5.90. The Hall–Kier alpha value is -2.09. The molecule has 0 aromatic heterocycles. The smallest absolute Gasteiger partial charge is 0.316 e. The zero-order valence-corrected chi connectivity index (χ0v) is 13.5. The number of nitrogens with zero attached hydrogens (tertiary/aromatic N) is 1. The van der Waals surface area contributed by atoms with Gasteiger partial charge in [-0.25, -0.2) is 0 Å². The maximum atomic E-state index is 11.6. The van der Waals surface area contributed by atoms with Gasteiger partial charge in [0.1, 0.15) is 0 Å². The van der Waals surface area contributed by atoms with Crippen LogP contribution in [0, 0.1) is 16.0 Å². The molecular formula is C15H18N2O5S. The first-order valence-corrected chi connectivity index (χ1v) is 8.26. The van der Waals surface area contributed by atoms with Crippen molar-refractivity contribution in [2.45, 2.75) is 30.7 Å². The monoisotopic (exact) mass is 338 g/mol. The van der Waals surface area contributed by atoms with E-state index in [0.29, 0.717) is 5.92 Å². The van der Waals surface area contributed by atoms with Crippen molar-refractivity contribution in [3.8, 4) is 0 Å². The van der Waals surface area contributed by atoms with Crippen LogP contribution in [0.15, 0.2) is 29.2 Å². The van der Waals surface area contributed by atoms with E-state index in [1.54, 1.807) is 12.1 Å².